The molecule has 0 saturated carbocycles. The summed E-state index contributed by atoms with van der Waals surface area (Å²) in [5.74, 6) is 1.36. The summed E-state index contributed by atoms with van der Waals surface area (Å²) in [6.45, 7) is 18.7. The van der Waals surface area contributed by atoms with E-state index in [2.05, 4.69) is 57.2 Å². The fraction of sp³-hybridized carbons (Fsp3) is 1.00. The number of likely N-dealkylation sites (tertiary alicyclic amines) is 1. The Morgan fingerprint density at radius 2 is 1.35 bits per heavy atom. The zero-order valence-electron chi connectivity index (χ0n) is 14.7. The van der Waals surface area contributed by atoms with Crippen molar-refractivity contribution in [2.45, 2.75) is 83.0 Å². The van der Waals surface area contributed by atoms with E-state index in [-0.39, 0.29) is 0 Å². The van der Waals surface area contributed by atoms with Gasteiger partial charge in [-0.15, -0.1) is 10.8 Å². The monoisotopic (exact) mass is 319 g/mol. The van der Waals surface area contributed by atoms with Gasteiger partial charge >= 0.3 is 0 Å². The lowest BCUT2D eigenvalue weighted by molar-refractivity contribution is 0.230. The summed E-state index contributed by atoms with van der Waals surface area (Å²) in [5, 5.41) is 2.51. The van der Waals surface area contributed by atoms with Crippen molar-refractivity contribution in [1.29, 1.82) is 0 Å². The van der Waals surface area contributed by atoms with Gasteiger partial charge in [0.1, 0.15) is 0 Å². The van der Waals surface area contributed by atoms with Crippen LogP contribution < -0.4 is 0 Å². The highest BCUT2D eigenvalue weighted by molar-refractivity contribution is 8.94. The zero-order valence-corrected chi connectivity index (χ0v) is 16.3. The summed E-state index contributed by atoms with van der Waals surface area (Å²) in [6.07, 6.45) is 5.68. The van der Waals surface area contributed by atoms with E-state index in [1.165, 1.54) is 51.1 Å². The fourth-order valence-electron chi connectivity index (χ4n) is 3.72. The minimum Gasteiger partial charge on any atom is -0.303 e. The van der Waals surface area contributed by atoms with Crippen LogP contribution in [0.15, 0.2) is 0 Å². The average molecular weight is 320 g/mol. The van der Waals surface area contributed by atoms with Crippen molar-refractivity contribution >= 4 is 19.9 Å². The van der Waals surface area contributed by atoms with Crippen molar-refractivity contribution in [3.05, 3.63) is 0 Å². The Kier molecular flexibility index (Phi) is 8.37. The van der Waals surface area contributed by atoms with E-state index in [0.29, 0.717) is 0 Å². The topological polar surface area (TPSA) is 3.24 Å². The molecule has 0 spiro atoms. The molecule has 1 heterocycles. The first-order valence-corrected chi connectivity index (χ1v) is 11.9. The predicted molar refractivity (Wildman–Crippen MR) is 100 cm³/mol. The molecule has 0 radical (unpaired) electrons. The van der Waals surface area contributed by atoms with E-state index < -0.39 is 9.06 Å². The maximum absolute atomic E-state index is 2.68. The second-order valence-electron chi connectivity index (χ2n) is 6.92. The number of rotatable bonds is 8. The molecular formula is C17H37NS2. The van der Waals surface area contributed by atoms with Gasteiger partial charge < -0.3 is 4.90 Å². The molecule has 0 atom stereocenters. The molecular weight excluding hydrogens is 282 g/mol. The van der Waals surface area contributed by atoms with E-state index in [9.17, 15) is 0 Å². The molecule has 0 aromatic rings. The maximum Gasteiger partial charge on any atom is 0.00345 e. The highest BCUT2D eigenvalue weighted by Crippen LogP contribution is 2.69. The molecule has 1 saturated heterocycles. The smallest absolute Gasteiger partial charge is 0.00345 e. The number of hydrogen-bond acceptors (Lipinski definition) is 2. The van der Waals surface area contributed by atoms with Crippen molar-refractivity contribution in [3.8, 4) is 0 Å². The van der Waals surface area contributed by atoms with Gasteiger partial charge in [-0.25, -0.2) is 0 Å². The van der Waals surface area contributed by atoms with Gasteiger partial charge in [0.2, 0.25) is 0 Å². The SMILES string of the molecule is CC(C)S(SCCCN1CCCCC1)(C(C)C)C(C)C. The Bertz CT molecular complexity index is 236. The molecule has 0 bridgehead atoms. The molecule has 1 nitrogen and oxygen atoms in total. The normalized spacial score (nSPS) is 19.2. The maximum atomic E-state index is 2.68. The Morgan fingerprint density at radius 1 is 0.850 bits per heavy atom. The van der Waals surface area contributed by atoms with Gasteiger partial charge in [0, 0.05) is 5.75 Å². The lowest BCUT2D eigenvalue weighted by atomic mass is 10.1. The minimum atomic E-state index is -0.551. The summed E-state index contributed by atoms with van der Waals surface area (Å²) in [6, 6.07) is 0. The number of nitrogens with zero attached hydrogens (tertiary/aromatic N) is 1. The predicted octanol–water partition coefficient (Wildman–Crippen LogP) is 5.54. The van der Waals surface area contributed by atoms with Crippen molar-refractivity contribution < 1.29 is 0 Å². The lowest BCUT2D eigenvalue weighted by Gasteiger charge is -2.50. The van der Waals surface area contributed by atoms with Crippen molar-refractivity contribution in [2.24, 2.45) is 0 Å². The molecule has 1 rings (SSSR count). The van der Waals surface area contributed by atoms with Crippen LogP contribution in [0.5, 0.6) is 0 Å². The van der Waals surface area contributed by atoms with Crippen molar-refractivity contribution in [1.82, 2.24) is 4.90 Å². The summed E-state index contributed by atoms with van der Waals surface area (Å²) < 4.78 is 0. The number of piperidine rings is 1. The molecule has 0 N–H and O–H groups in total. The van der Waals surface area contributed by atoms with Crippen LogP contribution in [0.2, 0.25) is 0 Å². The molecule has 0 unspecified atom stereocenters. The Labute approximate surface area is 133 Å². The van der Waals surface area contributed by atoms with Gasteiger partial charge in [0.15, 0.2) is 0 Å². The van der Waals surface area contributed by atoms with Gasteiger partial charge in [-0.3, -0.25) is 0 Å². The van der Waals surface area contributed by atoms with E-state index in [0.717, 1.165) is 15.7 Å². The molecule has 0 amide bonds. The molecule has 122 valence electrons. The van der Waals surface area contributed by atoms with Gasteiger partial charge in [-0.2, -0.15) is 9.06 Å². The first-order valence-electron chi connectivity index (χ1n) is 8.58. The van der Waals surface area contributed by atoms with Gasteiger partial charge in [-0.1, -0.05) is 48.0 Å². The molecule has 3 heteroatoms. The van der Waals surface area contributed by atoms with Crippen LogP contribution in [0.25, 0.3) is 0 Å². The van der Waals surface area contributed by atoms with Crippen LogP contribution in [0.3, 0.4) is 0 Å². The van der Waals surface area contributed by atoms with E-state index in [1.54, 1.807) is 0 Å². The molecule has 1 fully saturated rings. The summed E-state index contributed by atoms with van der Waals surface area (Å²) in [4.78, 5) is 2.68. The molecule has 1 aliphatic heterocycles. The summed E-state index contributed by atoms with van der Waals surface area (Å²) >= 11 is 0. The van der Waals surface area contributed by atoms with Crippen LogP contribution in [0, 0.1) is 0 Å². The molecule has 1 aliphatic rings. The highest BCUT2D eigenvalue weighted by atomic mass is 33.2. The summed E-state index contributed by atoms with van der Waals surface area (Å²) in [7, 11) is 1.79. The van der Waals surface area contributed by atoms with Crippen LogP contribution in [-0.4, -0.2) is 46.0 Å². The van der Waals surface area contributed by atoms with E-state index in [1.807, 2.05) is 0 Å². The van der Waals surface area contributed by atoms with Crippen LogP contribution in [0.4, 0.5) is 0 Å². The minimum absolute atomic E-state index is 0.551. The summed E-state index contributed by atoms with van der Waals surface area (Å²) in [5.41, 5.74) is 0. The second kappa shape index (κ2) is 8.95. The first kappa shape index (κ1) is 18.7. The Balaban J connectivity index is 2.42. The average Bonchev–Trinajstić information content (AvgIpc) is 2.38. The standard InChI is InChI=1S/C17H37NS2/c1-15(2)20(16(3)4,17(5)6)19-14-10-13-18-11-8-7-9-12-18/h15-17H,7-14H2,1-6H3. The number of hydrogen-bond donors (Lipinski definition) is 0. The molecule has 0 aromatic carbocycles. The fourth-order valence-corrected chi connectivity index (χ4v) is 12.0. The van der Waals surface area contributed by atoms with Gasteiger partial charge in [0.05, 0.1) is 0 Å². The highest BCUT2D eigenvalue weighted by Gasteiger charge is 2.34. The Hall–Kier alpha value is 0.660. The zero-order chi connectivity index (χ0) is 15.2. The van der Waals surface area contributed by atoms with Gasteiger partial charge in [-0.05, 0) is 54.6 Å². The molecule has 0 aliphatic carbocycles. The van der Waals surface area contributed by atoms with Crippen LogP contribution in [0.1, 0.15) is 67.2 Å². The van der Waals surface area contributed by atoms with E-state index >= 15 is 0 Å². The van der Waals surface area contributed by atoms with Crippen molar-refractivity contribution in [3.63, 3.8) is 0 Å². The van der Waals surface area contributed by atoms with Gasteiger partial charge in [0.25, 0.3) is 0 Å². The van der Waals surface area contributed by atoms with Crippen LogP contribution >= 0.6 is 19.9 Å². The first-order chi connectivity index (χ1) is 9.41. The molecule has 20 heavy (non-hydrogen) atoms. The third-order valence-electron chi connectivity index (χ3n) is 4.57. The third kappa shape index (κ3) is 4.84. The Morgan fingerprint density at radius 3 is 1.80 bits per heavy atom. The second-order valence-corrected chi connectivity index (χ2v) is 14.2. The lowest BCUT2D eigenvalue weighted by Crippen LogP contribution is -2.31. The quantitative estimate of drug-likeness (QED) is 0.427. The molecule has 0 aromatic heterocycles. The van der Waals surface area contributed by atoms with E-state index in [4.69, 9.17) is 0 Å². The van der Waals surface area contributed by atoms with Crippen LogP contribution in [-0.2, 0) is 0 Å². The third-order valence-corrected chi connectivity index (χ3v) is 15.0. The largest absolute Gasteiger partial charge is 0.303 e. The van der Waals surface area contributed by atoms with Crippen molar-refractivity contribution in [2.75, 3.05) is 25.4 Å².